The van der Waals surface area contributed by atoms with Gasteiger partial charge in [0.15, 0.2) is 0 Å². The monoisotopic (exact) mass is 500 g/mol. The number of rotatable bonds is 4. The van der Waals surface area contributed by atoms with Crippen LogP contribution >= 0.6 is 0 Å². The van der Waals surface area contributed by atoms with Crippen molar-refractivity contribution in [2.45, 2.75) is 45.0 Å². The summed E-state index contributed by atoms with van der Waals surface area (Å²) in [6.45, 7) is 3.12. The molecule has 13 heteroatoms. The van der Waals surface area contributed by atoms with Crippen molar-refractivity contribution >= 4 is 23.1 Å². The van der Waals surface area contributed by atoms with Crippen molar-refractivity contribution in [2.75, 3.05) is 18.4 Å². The number of imidazole rings is 1. The van der Waals surface area contributed by atoms with Crippen molar-refractivity contribution in [1.82, 2.24) is 33.9 Å². The number of carbonyl (C=O) groups is 1. The normalized spacial score (nSPS) is 18.1. The third kappa shape index (κ3) is 4.07. The summed E-state index contributed by atoms with van der Waals surface area (Å²) in [5.74, 6) is 0.0367. The summed E-state index contributed by atoms with van der Waals surface area (Å²) in [6.07, 6.45) is 6.67. The predicted octanol–water partition coefficient (Wildman–Crippen LogP) is 3.54. The van der Waals surface area contributed by atoms with Crippen LogP contribution in [-0.2, 0) is 4.79 Å². The van der Waals surface area contributed by atoms with E-state index < -0.39 is 12.2 Å². The number of nitrogens with one attached hydrogen (secondary N) is 1. The quantitative estimate of drug-likeness (QED) is 0.457. The Labute approximate surface area is 203 Å². The SMILES string of the molecule is CC(=O)N1CC2(CCC(Nc3nc(OC(F)(F)F)c4c(-c5cnc6nccn6c5)ccn4n3)CC2)C1. The number of nitrogens with zero attached hydrogens (tertiary/aromatic N) is 7. The molecule has 10 nitrogen and oxygen atoms in total. The largest absolute Gasteiger partial charge is 0.574 e. The third-order valence-electron chi connectivity index (χ3n) is 7.13. The lowest BCUT2D eigenvalue weighted by molar-refractivity contribution is -0.275. The summed E-state index contributed by atoms with van der Waals surface area (Å²) in [4.78, 5) is 25.8. The van der Waals surface area contributed by atoms with E-state index >= 15 is 0 Å². The zero-order valence-corrected chi connectivity index (χ0v) is 19.4. The molecule has 188 valence electrons. The Morgan fingerprint density at radius 1 is 1.19 bits per heavy atom. The van der Waals surface area contributed by atoms with Crippen LogP contribution in [0.5, 0.6) is 5.88 Å². The molecular formula is C23H23F3N8O2. The molecule has 1 saturated carbocycles. The molecule has 0 aromatic carbocycles. The molecule has 4 aromatic heterocycles. The fraction of sp³-hybridized carbons (Fsp3) is 0.435. The smallest absolute Gasteiger partial charge is 0.385 e. The zero-order valence-electron chi connectivity index (χ0n) is 19.4. The lowest BCUT2D eigenvalue weighted by Gasteiger charge is -2.53. The highest BCUT2D eigenvalue weighted by molar-refractivity contribution is 5.84. The first-order valence-corrected chi connectivity index (χ1v) is 11.6. The van der Waals surface area contributed by atoms with Gasteiger partial charge >= 0.3 is 6.36 Å². The summed E-state index contributed by atoms with van der Waals surface area (Å²) in [5, 5.41) is 7.61. The highest BCUT2D eigenvalue weighted by Gasteiger charge is 2.46. The number of halogens is 3. The fourth-order valence-corrected chi connectivity index (χ4v) is 5.28. The van der Waals surface area contributed by atoms with E-state index in [2.05, 4.69) is 30.1 Å². The molecule has 4 aromatic rings. The maximum atomic E-state index is 13.3. The van der Waals surface area contributed by atoms with Gasteiger partial charge in [0.1, 0.15) is 5.52 Å². The number of carbonyl (C=O) groups excluding carboxylic acids is 1. The van der Waals surface area contributed by atoms with E-state index in [1.165, 1.54) is 10.7 Å². The summed E-state index contributed by atoms with van der Waals surface area (Å²) in [7, 11) is 0. The van der Waals surface area contributed by atoms with E-state index in [0.717, 1.165) is 38.8 Å². The minimum absolute atomic E-state index is 0.0149. The number of amides is 1. The predicted molar refractivity (Wildman–Crippen MR) is 122 cm³/mol. The molecule has 0 bridgehead atoms. The van der Waals surface area contributed by atoms with Crippen LogP contribution in [0, 0.1) is 5.41 Å². The van der Waals surface area contributed by atoms with Crippen LogP contribution in [0.25, 0.3) is 22.4 Å². The summed E-state index contributed by atoms with van der Waals surface area (Å²) in [6, 6.07) is 1.67. The van der Waals surface area contributed by atoms with E-state index in [-0.39, 0.29) is 28.8 Å². The Balaban J connectivity index is 1.27. The van der Waals surface area contributed by atoms with Gasteiger partial charge in [0, 0.05) is 73.6 Å². The Morgan fingerprint density at radius 3 is 2.69 bits per heavy atom. The number of aromatic nitrogens is 6. The maximum absolute atomic E-state index is 13.3. The third-order valence-corrected chi connectivity index (χ3v) is 7.13. The molecule has 1 spiro atoms. The van der Waals surface area contributed by atoms with Crippen LogP contribution in [0.2, 0.25) is 0 Å². The molecule has 2 fully saturated rings. The van der Waals surface area contributed by atoms with Crippen LogP contribution in [0.1, 0.15) is 32.6 Å². The van der Waals surface area contributed by atoms with Crippen molar-refractivity contribution in [2.24, 2.45) is 5.41 Å². The van der Waals surface area contributed by atoms with Crippen LogP contribution in [0.15, 0.2) is 37.1 Å². The number of anilines is 1. The van der Waals surface area contributed by atoms with Gasteiger partial charge in [-0.05, 0) is 31.7 Å². The molecule has 0 unspecified atom stereocenters. The number of hydrogen-bond acceptors (Lipinski definition) is 7. The van der Waals surface area contributed by atoms with Gasteiger partial charge in [-0.2, -0.15) is 4.98 Å². The maximum Gasteiger partial charge on any atom is 0.574 e. The van der Waals surface area contributed by atoms with Crippen LogP contribution in [-0.4, -0.2) is 65.3 Å². The van der Waals surface area contributed by atoms with Gasteiger partial charge in [-0.15, -0.1) is 18.3 Å². The lowest BCUT2D eigenvalue weighted by atomic mass is 9.67. The minimum atomic E-state index is -4.93. The average molecular weight is 500 g/mol. The topological polar surface area (TPSA) is 102 Å². The average Bonchev–Trinajstić information content (AvgIpc) is 3.43. The zero-order chi connectivity index (χ0) is 25.1. The van der Waals surface area contributed by atoms with E-state index in [4.69, 9.17) is 0 Å². The van der Waals surface area contributed by atoms with E-state index in [0.29, 0.717) is 16.9 Å². The molecule has 5 heterocycles. The molecule has 1 amide bonds. The van der Waals surface area contributed by atoms with Gasteiger partial charge in [0.2, 0.25) is 17.6 Å². The Morgan fingerprint density at radius 2 is 1.97 bits per heavy atom. The second-order valence-electron chi connectivity index (χ2n) is 9.58. The molecule has 1 N–H and O–H groups in total. The highest BCUT2D eigenvalue weighted by atomic mass is 19.4. The first-order chi connectivity index (χ1) is 17.2. The van der Waals surface area contributed by atoms with Gasteiger partial charge < -0.3 is 15.0 Å². The number of likely N-dealkylation sites (tertiary alicyclic amines) is 1. The Kier molecular flexibility index (Phi) is 5.05. The van der Waals surface area contributed by atoms with Crippen molar-refractivity contribution in [3.05, 3.63) is 37.1 Å². The van der Waals surface area contributed by atoms with Crippen molar-refractivity contribution in [3.8, 4) is 17.0 Å². The van der Waals surface area contributed by atoms with E-state index in [9.17, 15) is 18.0 Å². The molecule has 1 aliphatic heterocycles. The molecule has 1 saturated heterocycles. The number of fused-ring (bicyclic) bond motifs is 2. The number of alkyl halides is 3. The van der Waals surface area contributed by atoms with Crippen molar-refractivity contribution in [1.29, 1.82) is 0 Å². The molecule has 6 rings (SSSR count). The molecule has 2 aliphatic rings. The van der Waals surface area contributed by atoms with Crippen LogP contribution in [0.3, 0.4) is 0 Å². The molecule has 0 radical (unpaired) electrons. The Hall–Kier alpha value is -3.90. The van der Waals surface area contributed by atoms with Gasteiger partial charge in [-0.3, -0.25) is 9.20 Å². The Bertz CT molecular complexity index is 1450. The fourth-order valence-electron chi connectivity index (χ4n) is 5.28. The summed E-state index contributed by atoms with van der Waals surface area (Å²) >= 11 is 0. The summed E-state index contributed by atoms with van der Waals surface area (Å²) < 4.78 is 47.3. The molecule has 1 aliphatic carbocycles. The number of hydrogen-bond donors (Lipinski definition) is 1. The van der Waals surface area contributed by atoms with Crippen LogP contribution < -0.4 is 10.1 Å². The van der Waals surface area contributed by atoms with E-state index in [1.54, 1.807) is 42.2 Å². The van der Waals surface area contributed by atoms with Gasteiger partial charge in [-0.25, -0.2) is 14.5 Å². The molecule has 36 heavy (non-hydrogen) atoms. The second kappa shape index (κ2) is 8.07. The standard InChI is InChI=1S/C23H23F3N8O2/c1-14(35)33-12-22(13-33)5-2-16(3-6-22)29-20-30-19(36-23(24,25)26)18-17(4-8-34(18)31-20)15-10-28-21-27-7-9-32(21)11-15/h4,7-11,16H,2-3,5-6,12-13H2,1H3,(H,29,31). The lowest BCUT2D eigenvalue weighted by Crippen LogP contribution is -2.59. The minimum Gasteiger partial charge on any atom is -0.385 e. The van der Waals surface area contributed by atoms with Gasteiger partial charge in [0.05, 0.1) is 0 Å². The van der Waals surface area contributed by atoms with Crippen LogP contribution in [0.4, 0.5) is 19.1 Å². The second-order valence-corrected chi connectivity index (χ2v) is 9.58. The van der Waals surface area contributed by atoms with Gasteiger partial charge in [-0.1, -0.05) is 0 Å². The summed E-state index contributed by atoms with van der Waals surface area (Å²) in [5.41, 5.74) is 1.25. The van der Waals surface area contributed by atoms with E-state index in [1.807, 2.05) is 4.90 Å². The first-order valence-electron chi connectivity index (χ1n) is 11.6. The first kappa shape index (κ1) is 22.6. The number of ether oxygens (including phenoxy) is 1. The molecular weight excluding hydrogens is 477 g/mol. The van der Waals surface area contributed by atoms with Crippen molar-refractivity contribution in [3.63, 3.8) is 0 Å². The molecule has 0 atom stereocenters. The van der Waals surface area contributed by atoms with Gasteiger partial charge in [0.25, 0.3) is 5.88 Å². The highest BCUT2D eigenvalue weighted by Crippen LogP contribution is 2.44. The van der Waals surface area contributed by atoms with Crippen molar-refractivity contribution < 1.29 is 22.7 Å².